The van der Waals surface area contributed by atoms with Crippen LogP contribution in [0.5, 0.6) is 0 Å². The Morgan fingerprint density at radius 2 is 2.50 bits per heavy atom. The number of aromatic nitrogens is 2. The van der Waals surface area contributed by atoms with Crippen molar-refractivity contribution in [3.63, 3.8) is 0 Å². The molecule has 0 atom stereocenters. The first-order valence-electron chi connectivity index (χ1n) is 1.58. The Morgan fingerprint density at radius 1 is 1.50 bits per heavy atom. The van der Waals surface area contributed by atoms with Crippen molar-refractivity contribution in [3.05, 3.63) is 18.1 Å². The van der Waals surface area contributed by atoms with Crippen molar-refractivity contribution in [3.8, 4) is 0 Å². The predicted molar refractivity (Wildman–Crippen MR) is 24.5 cm³/mol. The summed E-state index contributed by atoms with van der Waals surface area (Å²) in [5.41, 5.74) is 0. The molecular formula is C3H3N2P. The van der Waals surface area contributed by atoms with Gasteiger partial charge in [0.1, 0.15) is 0 Å². The molecule has 2 nitrogen and oxygen atoms in total. The summed E-state index contributed by atoms with van der Waals surface area (Å²) in [4.78, 5) is 3.63. The van der Waals surface area contributed by atoms with E-state index in [1.807, 2.05) is 11.9 Å². The first kappa shape index (κ1) is 3.69. The van der Waals surface area contributed by atoms with Crippen LogP contribution in [0.15, 0.2) is 18.1 Å². The highest BCUT2D eigenvalue weighted by molar-refractivity contribution is 7.24. The summed E-state index contributed by atoms with van der Waals surface area (Å²) in [5, 5.41) is 3.58. The average molecular weight is 98.0 g/mol. The van der Waals surface area contributed by atoms with Crippen molar-refractivity contribution >= 4 is 8.35 Å². The summed E-state index contributed by atoms with van der Waals surface area (Å²) in [6.45, 7) is 0. The molecule has 0 aliphatic rings. The van der Waals surface area contributed by atoms with E-state index in [-0.39, 0.29) is 0 Å². The lowest BCUT2D eigenvalue weighted by molar-refractivity contribution is 1.13. The van der Waals surface area contributed by atoms with Crippen molar-refractivity contribution in [2.24, 2.45) is 0 Å². The Kier molecular flexibility index (Phi) is 1.13. The van der Waals surface area contributed by atoms with E-state index in [2.05, 4.69) is 9.96 Å². The average Bonchev–Trinajstić information content (AvgIpc) is 1.72. The van der Waals surface area contributed by atoms with Gasteiger partial charge in [0, 0.05) is 0 Å². The Balaban J connectivity index is 3.00. The largest absolute Gasteiger partial charge is 0.155 e. The van der Waals surface area contributed by atoms with Gasteiger partial charge in [0.15, 0.2) is 0 Å². The maximum atomic E-state index is 3.63. The Morgan fingerprint density at radius 3 is 2.67 bits per heavy atom. The van der Waals surface area contributed by atoms with Gasteiger partial charge < -0.3 is 0 Å². The molecule has 0 saturated carbocycles. The minimum atomic E-state index is 0.945. The second-order valence-electron chi connectivity index (χ2n) is 0.811. The maximum Gasteiger partial charge on any atom is 0.0632 e. The SMILES string of the molecule is c1cnnpc1. The van der Waals surface area contributed by atoms with Gasteiger partial charge in [-0.3, -0.25) is 0 Å². The van der Waals surface area contributed by atoms with E-state index in [1.54, 1.807) is 6.20 Å². The van der Waals surface area contributed by atoms with Gasteiger partial charge in [0.2, 0.25) is 0 Å². The van der Waals surface area contributed by atoms with Gasteiger partial charge in [-0.05, 0) is 11.9 Å². The number of hydrogen-bond donors (Lipinski definition) is 0. The van der Waals surface area contributed by atoms with E-state index >= 15 is 0 Å². The molecule has 1 aromatic rings. The van der Waals surface area contributed by atoms with E-state index in [0.29, 0.717) is 0 Å². The molecule has 0 saturated heterocycles. The van der Waals surface area contributed by atoms with Gasteiger partial charge in [-0.1, -0.05) is 0 Å². The van der Waals surface area contributed by atoms with Crippen LogP contribution in [0.2, 0.25) is 0 Å². The third-order valence-electron chi connectivity index (χ3n) is 0.409. The minimum absolute atomic E-state index is 0.945. The zero-order chi connectivity index (χ0) is 4.24. The lowest BCUT2D eigenvalue weighted by Crippen LogP contribution is -1.63. The van der Waals surface area contributed by atoms with Crippen LogP contribution >= 0.6 is 8.35 Å². The molecule has 0 aliphatic carbocycles. The third kappa shape index (κ3) is 0.728. The molecule has 6 heavy (non-hydrogen) atoms. The fraction of sp³-hybridized carbons (Fsp3) is 0. The zero-order valence-electron chi connectivity index (χ0n) is 3.07. The lowest BCUT2D eigenvalue weighted by atomic mass is 10.8. The summed E-state index contributed by atoms with van der Waals surface area (Å²) >= 11 is 0. The monoisotopic (exact) mass is 98.0 g/mol. The van der Waals surface area contributed by atoms with Gasteiger partial charge >= 0.3 is 0 Å². The van der Waals surface area contributed by atoms with Crippen molar-refractivity contribution in [1.29, 1.82) is 0 Å². The molecule has 0 radical (unpaired) electrons. The molecule has 0 aliphatic heterocycles. The Labute approximate surface area is 37.4 Å². The molecule has 0 amide bonds. The van der Waals surface area contributed by atoms with Gasteiger partial charge in [0.25, 0.3) is 0 Å². The van der Waals surface area contributed by atoms with E-state index in [1.165, 1.54) is 0 Å². The molecule has 1 aromatic heterocycles. The number of rotatable bonds is 0. The maximum absolute atomic E-state index is 3.63. The highest BCUT2D eigenvalue weighted by atomic mass is 31.0. The summed E-state index contributed by atoms with van der Waals surface area (Å²) in [6.07, 6.45) is 1.66. The van der Waals surface area contributed by atoms with Crippen LogP contribution in [0, 0.1) is 0 Å². The quantitative estimate of drug-likeness (QED) is 0.484. The van der Waals surface area contributed by atoms with Crippen LogP contribution in [-0.4, -0.2) is 9.96 Å². The molecule has 3 heteroatoms. The fourth-order valence-electron chi connectivity index (χ4n) is 0.205. The molecular weight excluding hydrogens is 95.0 g/mol. The van der Waals surface area contributed by atoms with E-state index < -0.39 is 0 Å². The number of hydrogen-bond acceptors (Lipinski definition) is 2. The van der Waals surface area contributed by atoms with E-state index in [9.17, 15) is 0 Å². The zero-order valence-corrected chi connectivity index (χ0v) is 3.97. The molecule has 1 heterocycles. The second kappa shape index (κ2) is 1.83. The molecule has 0 unspecified atom stereocenters. The smallest absolute Gasteiger partial charge is 0.0632 e. The van der Waals surface area contributed by atoms with Crippen LogP contribution in [0.25, 0.3) is 0 Å². The lowest BCUT2D eigenvalue weighted by Gasteiger charge is -1.67. The van der Waals surface area contributed by atoms with Gasteiger partial charge in [-0.15, -0.1) is 4.86 Å². The third-order valence-corrected chi connectivity index (χ3v) is 0.921. The van der Waals surface area contributed by atoms with Crippen molar-refractivity contribution < 1.29 is 0 Å². The van der Waals surface area contributed by atoms with Crippen molar-refractivity contribution in [2.75, 3.05) is 0 Å². The summed E-state index contributed by atoms with van der Waals surface area (Å²) < 4.78 is 0. The number of nitrogens with zero attached hydrogens (tertiary/aromatic N) is 2. The summed E-state index contributed by atoms with van der Waals surface area (Å²) in [7, 11) is 0.945. The van der Waals surface area contributed by atoms with Crippen molar-refractivity contribution in [2.45, 2.75) is 0 Å². The molecule has 1 rings (SSSR count). The van der Waals surface area contributed by atoms with Crippen molar-refractivity contribution in [1.82, 2.24) is 9.96 Å². The molecule has 30 valence electrons. The van der Waals surface area contributed by atoms with E-state index in [0.717, 1.165) is 8.35 Å². The molecule has 0 bridgehead atoms. The van der Waals surface area contributed by atoms with Crippen LogP contribution in [0.3, 0.4) is 0 Å². The second-order valence-corrected chi connectivity index (χ2v) is 1.52. The molecule has 0 aromatic carbocycles. The highest BCUT2D eigenvalue weighted by Gasteiger charge is 1.60. The van der Waals surface area contributed by atoms with Crippen LogP contribution < -0.4 is 0 Å². The standard InChI is InChI=1S/C3H3N2P/c1-2-4-5-6-3-1/h1-3H. The fourth-order valence-corrected chi connectivity index (χ4v) is 0.538. The minimum Gasteiger partial charge on any atom is -0.155 e. The highest BCUT2D eigenvalue weighted by Crippen LogP contribution is 1.88. The van der Waals surface area contributed by atoms with Gasteiger partial charge in [-0.25, -0.2) is 0 Å². The van der Waals surface area contributed by atoms with Crippen LogP contribution in [0.4, 0.5) is 0 Å². The normalized spacial score (nSPS) is 9.33. The molecule has 0 fully saturated rings. The van der Waals surface area contributed by atoms with Gasteiger partial charge in [0.05, 0.1) is 14.5 Å². The van der Waals surface area contributed by atoms with Crippen LogP contribution in [0.1, 0.15) is 0 Å². The topological polar surface area (TPSA) is 25.8 Å². The molecule has 0 spiro atoms. The Hall–Kier alpha value is -0.490. The summed E-state index contributed by atoms with van der Waals surface area (Å²) in [5.74, 6) is 1.92. The first-order valence-corrected chi connectivity index (χ1v) is 2.50. The first-order chi connectivity index (χ1) is 3.00. The van der Waals surface area contributed by atoms with Gasteiger partial charge in [-0.2, -0.15) is 5.10 Å². The molecule has 0 N–H and O–H groups in total. The Bertz CT molecular complexity index is 80.7. The predicted octanol–water partition coefficient (Wildman–Crippen LogP) is 1.06. The van der Waals surface area contributed by atoms with Crippen LogP contribution in [-0.2, 0) is 0 Å². The summed E-state index contributed by atoms with van der Waals surface area (Å²) in [6, 6.07) is 1.87. The van der Waals surface area contributed by atoms with E-state index in [4.69, 9.17) is 0 Å².